The Kier molecular flexibility index (Phi) is 2.70. The van der Waals surface area contributed by atoms with Gasteiger partial charge in [0, 0.05) is 18.0 Å². The lowest BCUT2D eigenvalue weighted by molar-refractivity contribution is -0.131. The molecule has 0 bridgehead atoms. The van der Waals surface area contributed by atoms with Crippen LogP contribution in [-0.2, 0) is 4.79 Å². The van der Waals surface area contributed by atoms with E-state index in [2.05, 4.69) is 4.98 Å². The number of aromatic nitrogens is 2. The van der Waals surface area contributed by atoms with Crippen molar-refractivity contribution in [3.63, 3.8) is 0 Å². The standard InChI is InChI=1S/C11H7FN2O3/c12-8-5-7(10(15)11(16)17)1-2-9(8)14-4-3-13-6-14/h1-6H,(H,16,17). The molecule has 0 atom stereocenters. The lowest BCUT2D eigenvalue weighted by Crippen LogP contribution is -2.13. The smallest absolute Gasteiger partial charge is 0.377 e. The topological polar surface area (TPSA) is 72.2 Å². The van der Waals surface area contributed by atoms with Gasteiger partial charge in [-0.1, -0.05) is 0 Å². The monoisotopic (exact) mass is 234 g/mol. The molecule has 1 N–H and O–H groups in total. The Hall–Kier alpha value is -2.50. The number of hydrogen-bond acceptors (Lipinski definition) is 3. The van der Waals surface area contributed by atoms with E-state index in [0.29, 0.717) is 0 Å². The van der Waals surface area contributed by atoms with Crippen LogP contribution in [0.3, 0.4) is 0 Å². The fourth-order valence-electron chi connectivity index (χ4n) is 1.38. The number of nitrogens with zero attached hydrogens (tertiary/aromatic N) is 2. The van der Waals surface area contributed by atoms with E-state index in [0.717, 1.165) is 6.07 Å². The molecule has 1 heterocycles. The first-order chi connectivity index (χ1) is 8.09. The Morgan fingerprint density at radius 2 is 2.12 bits per heavy atom. The maximum Gasteiger partial charge on any atom is 0.377 e. The predicted molar refractivity (Wildman–Crippen MR) is 55.5 cm³/mol. The Bertz CT molecular complexity index is 578. The lowest BCUT2D eigenvalue weighted by Gasteiger charge is -2.04. The number of benzene rings is 1. The van der Waals surface area contributed by atoms with Crippen LogP contribution >= 0.6 is 0 Å². The largest absolute Gasteiger partial charge is 0.475 e. The van der Waals surface area contributed by atoms with Crippen LogP contribution in [0.5, 0.6) is 0 Å². The highest BCUT2D eigenvalue weighted by Crippen LogP contribution is 2.15. The van der Waals surface area contributed by atoms with Crippen molar-refractivity contribution in [3.05, 3.63) is 48.3 Å². The van der Waals surface area contributed by atoms with Gasteiger partial charge in [0.25, 0.3) is 5.78 Å². The van der Waals surface area contributed by atoms with E-state index in [1.54, 1.807) is 0 Å². The van der Waals surface area contributed by atoms with Crippen LogP contribution in [-0.4, -0.2) is 26.4 Å². The molecule has 0 aliphatic carbocycles. The fourth-order valence-corrected chi connectivity index (χ4v) is 1.38. The minimum Gasteiger partial charge on any atom is -0.475 e. The number of imidazole rings is 1. The summed E-state index contributed by atoms with van der Waals surface area (Å²) < 4.78 is 15.1. The van der Waals surface area contributed by atoms with Crippen LogP contribution in [0.1, 0.15) is 10.4 Å². The first-order valence-electron chi connectivity index (χ1n) is 4.65. The lowest BCUT2D eigenvalue weighted by atomic mass is 10.1. The van der Waals surface area contributed by atoms with E-state index in [-0.39, 0.29) is 11.3 Å². The Labute approximate surface area is 95.1 Å². The van der Waals surface area contributed by atoms with Crippen molar-refractivity contribution >= 4 is 11.8 Å². The number of Topliss-reactive ketones (excluding diaryl/α,β-unsaturated/α-hetero) is 1. The van der Waals surface area contributed by atoms with Crippen LogP contribution in [0.15, 0.2) is 36.9 Å². The molecule has 86 valence electrons. The summed E-state index contributed by atoms with van der Waals surface area (Å²) in [6.45, 7) is 0. The maximum atomic E-state index is 13.6. The molecule has 0 amide bonds. The minimum atomic E-state index is -1.61. The number of carbonyl (C=O) groups is 2. The number of carboxylic acids is 1. The second-order valence-electron chi connectivity index (χ2n) is 3.27. The van der Waals surface area contributed by atoms with Gasteiger partial charge < -0.3 is 9.67 Å². The van der Waals surface area contributed by atoms with Crippen molar-refractivity contribution in [3.8, 4) is 5.69 Å². The molecule has 5 nitrogen and oxygen atoms in total. The van der Waals surface area contributed by atoms with Gasteiger partial charge in [-0.05, 0) is 18.2 Å². The van der Waals surface area contributed by atoms with Gasteiger partial charge in [-0.3, -0.25) is 4.79 Å². The molecule has 0 fully saturated rings. The number of carbonyl (C=O) groups excluding carboxylic acids is 1. The molecule has 0 aliphatic heterocycles. The van der Waals surface area contributed by atoms with Gasteiger partial charge >= 0.3 is 5.97 Å². The number of halogens is 1. The number of ketones is 1. The van der Waals surface area contributed by atoms with Crippen molar-refractivity contribution in [1.29, 1.82) is 0 Å². The normalized spacial score (nSPS) is 10.2. The molecule has 0 radical (unpaired) electrons. The van der Waals surface area contributed by atoms with Crippen LogP contribution < -0.4 is 0 Å². The molecule has 1 aromatic carbocycles. The Morgan fingerprint density at radius 3 is 2.65 bits per heavy atom. The fraction of sp³-hybridized carbons (Fsp3) is 0. The van der Waals surface area contributed by atoms with Crippen LogP contribution in [0.25, 0.3) is 5.69 Å². The molecule has 0 saturated heterocycles. The zero-order valence-electron chi connectivity index (χ0n) is 8.50. The van der Waals surface area contributed by atoms with Crippen molar-refractivity contribution in [2.75, 3.05) is 0 Å². The highest BCUT2D eigenvalue weighted by Gasteiger charge is 2.16. The summed E-state index contributed by atoms with van der Waals surface area (Å²) in [5, 5.41) is 8.49. The molecule has 2 aromatic rings. The third-order valence-electron chi connectivity index (χ3n) is 2.19. The summed E-state index contributed by atoms with van der Waals surface area (Å²) in [6.07, 6.45) is 4.42. The number of rotatable bonds is 3. The molecule has 1 aromatic heterocycles. The highest BCUT2D eigenvalue weighted by atomic mass is 19.1. The van der Waals surface area contributed by atoms with Gasteiger partial charge in [0.15, 0.2) is 0 Å². The second kappa shape index (κ2) is 4.17. The van der Waals surface area contributed by atoms with Crippen LogP contribution in [0.4, 0.5) is 4.39 Å². The minimum absolute atomic E-state index is 0.195. The first kappa shape index (κ1) is 11.0. The molecule has 17 heavy (non-hydrogen) atoms. The molecule has 2 rings (SSSR count). The van der Waals surface area contributed by atoms with Gasteiger partial charge in [-0.15, -0.1) is 0 Å². The third-order valence-corrected chi connectivity index (χ3v) is 2.19. The van der Waals surface area contributed by atoms with Gasteiger partial charge in [0.1, 0.15) is 5.82 Å². The summed E-state index contributed by atoms with van der Waals surface area (Å²) in [5.41, 5.74) is 0.00306. The van der Waals surface area contributed by atoms with Gasteiger partial charge in [-0.25, -0.2) is 14.2 Å². The average Bonchev–Trinajstić information content (AvgIpc) is 2.81. The SMILES string of the molecule is O=C(O)C(=O)c1ccc(-n2ccnc2)c(F)c1. The molecular formula is C11H7FN2O3. The Balaban J connectivity index is 2.42. The zero-order valence-corrected chi connectivity index (χ0v) is 8.50. The van der Waals surface area contributed by atoms with E-state index in [1.165, 1.54) is 35.4 Å². The number of carboxylic acid groups (broad SMARTS) is 1. The number of hydrogen-bond donors (Lipinski definition) is 1. The summed E-state index contributed by atoms with van der Waals surface area (Å²) in [7, 11) is 0. The molecule has 0 saturated carbocycles. The summed E-state index contributed by atoms with van der Waals surface area (Å²) >= 11 is 0. The number of aliphatic carboxylic acids is 1. The summed E-state index contributed by atoms with van der Waals surface area (Å²) in [5.74, 6) is -3.43. The molecular weight excluding hydrogens is 227 g/mol. The van der Waals surface area contributed by atoms with E-state index >= 15 is 0 Å². The van der Waals surface area contributed by atoms with E-state index in [4.69, 9.17) is 5.11 Å². The van der Waals surface area contributed by atoms with Crippen molar-refractivity contribution in [1.82, 2.24) is 9.55 Å². The van der Waals surface area contributed by atoms with Crippen molar-refractivity contribution in [2.24, 2.45) is 0 Å². The van der Waals surface area contributed by atoms with Gasteiger partial charge in [-0.2, -0.15) is 0 Å². The molecule has 0 unspecified atom stereocenters. The van der Waals surface area contributed by atoms with Gasteiger partial charge in [0.05, 0.1) is 12.0 Å². The van der Waals surface area contributed by atoms with Crippen LogP contribution in [0, 0.1) is 5.82 Å². The Morgan fingerprint density at radius 1 is 1.35 bits per heavy atom. The zero-order chi connectivity index (χ0) is 12.4. The van der Waals surface area contributed by atoms with Crippen molar-refractivity contribution in [2.45, 2.75) is 0 Å². The molecule has 0 aliphatic rings. The predicted octanol–water partition coefficient (Wildman–Crippen LogP) is 1.28. The summed E-state index contributed by atoms with van der Waals surface area (Å²) in [6, 6.07) is 3.48. The van der Waals surface area contributed by atoms with E-state index in [1.807, 2.05) is 0 Å². The maximum absolute atomic E-state index is 13.6. The molecule has 6 heteroatoms. The second-order valence-corrected chi connectivity index (χ2v) is 3.27. The first-order valence-corrected chi connectivity index (χ1v) is 4.65. The summed E-state index contributed by atoms with van der Waals surface area (Å²) in [4.78, 5) is 25.3. The van der Waals surface area contributed by atoms with Gasteiger partial charge in [0.2, 0.25) is 0 Å². The van der Waals surface area contributed by atoms with Crippen LogP contribution in [0.2, 0.25) is 0 Å². The highest BCUT2D eigenvalue weighted by molar-refractivity contribution is 6.39. The quantitative estimate of drug-likeness (QED) is 0.641. The average molecular weight is 234 g/mol. The third kappa shape index (κ3) is 2.05. The van der Waals surface area contributed by atoms with E-state index < -0.39 is 17.6 Å². The van der Waals surface area contributed by atoms with E-state index in [9.17, 15) is 14.0 Å². The molecule has 0 spiro atoms. The van der Waals surface area contributed by atoms with Crippen molar-refractivity contribution < 1.29 is 19.1 Å².